The van der Waals surface area contributed by atoms with Crippen LogP contribution in [0.1, 0.15) is 94.9 Å². The number of allylic oxidation sites excluding steroid dienone is 3. The quantitative estimate of drug-likeness (QED) is 0.273. The zero-order valence-corrected chi connectivity index (χ0v) is 38.9. The maximum Gasteiger partial charge on any atom is 0.388 e. The summed E-state index contributed by atoms with van der Waals surface area (Å²) in [6, 6.07) is 5.99. The number of halogens is 8. The number of fused-ring (bicyclic) bond motifs is 3. The molecule has 9 nitrogen and oxygen atoms in total. The van der Waals surface area contributed by atoms with Crippen molar-refractivity contribution in [1.82, 2.24) is 15.1 Å². The number of alkyl halides is 7. The standard InChI is InChI=1S/2C15H20F2N2O.C13H18N2O.C3H5F3.ClH/c2*1-14(2)11-4-5-19(8-12(16)17)9-15(11,3)6-10(7-18)13(14)20;1-12(2)10-4-5-15-8-13(10,3)6-9(7-14)11(12)16;1-2-3(4,5)6;/h2*6,11-12H,4-5,8-9H2,1-3H3;6,10,15H,4-5,8H2,1-3H3;2H2,1H3;1H/t2*11-,15+;10-,13+;;/m100../s1. The van der Waals surface area contributed by atoms with E-state index in [-0.39, 0.29) is 71.2 Å². The predicted octanol–water partition coefficient (Wildman–Crippen LogP) is 9.32. The highest BCUT2D eigenvalue weighted by atomic mass is 35.5. The number of Topliss-reactive ketones (excluding diaryl/α,β-unsaturated/α-hetero) is 3. The van der Waals surface area contributed by atoms with Gasteiger partial charge in [-0.15, -0.1) is 12.4 Å². The van der Waals surface area contributed by atoms with Gasteiger partial charge in [0.2, 0.25) is 0 Å². The average molecular weight is 917 g/mol. The van der Waals surface area contributed by atoms with E-state index in [2.05, 4.69) is 18.3 Å². The van der Waals surface area contributed by atoms with Crippen molar-refractivity contribution in [2.45, 2.75) is 114 Å². The van der Waals surface area contributed by atoms with Gasteiger partial charge in [-0.1, -0.05) is 87.5 Å². The van der Waals surface area contributed by atoms with Gasteiger partial charge in [0.25, 0.3) is 12.9 Å². The molecule has 1 N–H and O–H groups in total. The Morgan fingerprint density at radius 2 is 0.937 bits per heavy atom. The highest BCUT2D eigenvalue weighted by Gasteiger charge is 2.55. The van der Waals surface area contributed by atoms with Crippen LogP contribution in [0.15, 0.2) is 34.9 Å². The summed E-state index contributed by atoms with van der Waals surface area (Å²) in [6.45, 7) is 22.1. The first kappa shape index (κ1) is 55.5. The van der Waals surface area contributed by atoms with Gasteiger partial charge in [-0.25, -0.2) is 17.6 Å². The minimum Gasteiger partial charge on any atom is -0.316 e. The number of rotatable bonds is 4. The number of hydrogen-bond acceptors (Lipinski definition) is 9. The van der Waals surface area contributed by atoms with Crippen molar-refractivity contribution < 1.29 is 45.1 Å². The molecule has 6 aliphatic rings. The van der Waals surface area contributed by atoms with Crippen molar-refractivity contribution in [2.24, 2.45) is 50.2 Å². The Morgan fingerprint density at radius 3 is 1.22 bits per heavy atom. The molecule has 3 fully saturated rings. The maximum atomic E-state index is 12.6. The Kier molecular flexibility index (Phi) is 18.2. The fourth-order valence-corrected chi connectivity index (χ4v) is 11.3. The summed E-state index contributed by atoms with van der Waals surface area (Å²) in [7, 11) is 0. The van der Waals surface area contributed by atoms with Gasteiger partial charge in [-0.3, -0.25) is 24.2 Å². The molecule has 0 saturated carbocycles. The lowest BCUT2D eigenvalue weighted by atomic mass is 9.55. The van der Waals surface area contributed by atoms with E-state index in [1.807, 2.05) is 73.6 Å². The van der Waals surface area contributed by atoms with Crippen LogP contribution in [-0.2, 0) is 14.4 Å². The Labute approximate surface area is 374 Å². The van der Waals surface area contributed by atoms with Gasteiger partial charge in [-0.2, -0.15) is 29.0 Å². The lowest BCUT2D eigenvalue weighted by molar-refractivity contribution is -0.133. The van der Waals surface area contributed by atoms with E-state index in [4.69, 9.17) is 15.8 Å². The largest absolute Gasteiger partial charge is 0.388 e. The second kappa shape index (κ2) is 20.7. The number of carbonyl (C=O) groups is 3. The highest BCUT2D eigenvalue weighted by molar-refractivity contribution is 6.05. The summed E-state index contributed by atoms with van der Waals surface area (Å²) in [5.41, 5.74) is -1.77. The molecular weight excluding hydrogens is 853 g/mol. The summed E-state index contributed by atoms with van der Waals surface area (Å²) < 4.78 is 82.6. The third-order valence-corrected chi connectivity index (χ3v) is 14.2. The molecule has 63 heavy (non-hydrogen) atoms. The molecule has 352 valence electrons. The van der Waals surface area contributed by atoms with Crippen LogP contribution in [0, 0.1) is 84.2 Å². The Morgan fingerprint density at radius 1 is 0.635 bits per heavy atom. The Hall–Kier alpha value is -3.62. The average Bonchev–Trinajstić information content (AvgIpc) is 3.16. The molecule has 3 aliphatic carbocycles. The number of hydrogen-bond donors (Lipinski definition) is 1. The lowest BCUT2D eigenvalue weighted by Gasteiger charge is -2.53. The van der Waals surface area contributed by atoms with E-state index in [0.29, 0.717) is 50.5 Å². The second-order valence-electron chi connectivity index (χ2n) is 20.1. The molecule has 3 saturated heterocycles. The first-order valence-corrected chi connectivity index (χ1v) is 21.2. The van der Waals surface area contributed by atoms with Gasteiger partial charge in [-0.05, 0) is 56.7 Å². The zero-order chi connectivity index (χ0) is 47.4. The number of nitriles is 3. The van der Waals surface area contributed by atoms with Gasteiger partial charge in [0.15, 0.2) is 17.3 Å². The van der Waals surface area contributed by atoms with Crippen LogP contribution >= 0.6 is 12.4 Å². The number of likely N-dealkylation sites (tertiary alicyclic amines) is 2. The van der Waals surface area contributed by atoms with Crippen LogP contribution in [0.5, 0.6) is 0 Å². The maximum absolute atomic E-state index is 12.6. The van der Waals surface area contributed by atoms with Gasteiger partial charge >= 0.3 is 6.18 Å². The summed E-state index contributed by atoms with van der Waals surface area (Å²) in [4.78, 5) is 40.3. The van der Waals surface area contributed by atoms with Crippen LogP contribution in [-0.4, -0.2) is 98.5 Å². The summed E-state index contributed by atoms with van der Waals surface area (Å²) in [6.07, 6.45) is -1.67. The summed E-state index contributed by atoms with van der Waals surface area (Å²) >= 11 is 0. The van der Waals surface area contributed by atoms with E-state index < -0.39 is 52.5 Å². The zero-order valence-electron chi connectivity index (χ0n) is 38.1. The van der Waals surface area contributed by atoms with Crippen molar-refractivity contribution >= 4 is 29.8 Å². The fraction of sp³-hybridized carbons (Fsp3) is 0.739. The Balaban J connectivity index is 0.000000304. The number of piperidine rings is 3. The molecule has 0 spiro atoms. The second-order valence-corrected chi connectivity index (χ2v) is 20.1. The van der Waals surface area contributed by atoms with Crippen molar-refractivity contribution in [3.05, 3.63) is 34.9 Å². The van der Waals surface area contributed by atoms with Gasteiger partial charge in [0.05, 0.1) is 29.8 Å². The van der Waals surface area contributed by atoms with E-state index in [0.717, 1.165) is 26.4 Å². The van der Waals surface area contributed by atoms with Crippen molar-refractivity contribution in [3.8, 4) is 18.2 Å². The fourth-order valence-electron chi connectivity index (χ4n) is 11.3. The van der Waals surface area contributed by atoms with Crippen LogP contribution in [0.3, 0.4) is 0 Å². The third-order valence-electron chi connectivity index (χ3n) is 14.2. The molecule has 3 aliphatic heterocycles. The molecule has 6 atom stereocenters. The molecular formula is C46H64ClF7N6O3. The van der Waals surface area contributed by atoms with Crippen LogP contribution < -0.4 is 5.32 Å². The van der Waals surface area contributed by atoms with Gasteiger partial charge in [0, 0.05) is 58.5 Å². The molecule has 3 heterocycles. The molecule has 0 radical (unpaired) electrons. The summed E-state index contributed by atoms with van der Waals surface area (Å²) in [5.74, 6) is 0.293. The van der Waals surface area contributed by atoms with Crippen molar-refractivity contribution in [1.29, 1.82) is 15.8 Å². The van der Waals surface area contributed by atoms with E-state index >= 15 is 0 Å². The highest BCUT2D eigenvalue weighted by Crippen LogP contribution is 2.54. The molecule has 0 amide bonds. The number of nitrogens with one attached hydrogen (secondary N) is 1. The SMILES string of the molecule is CC1(C)C(=O)C(C#N)=C[C@@]2(C)CN(CC(F)F)CC[C@H]12.CC1(C)C(=O)C(C#N)=C[C@]2(C)CN(CC(F)F)CC[C@@H]12.CC1(C)C(=O)C(C#N)=C[C@]2(C)CNCC[C@@H]12.CCC(F)(F)F.Cl. The molecule has 0 aromatic rings. The number of nitrogens with zero attached hydrogens (tertiary/aromatic N) is 5. The number of ketones is 3. The molecule has 0 aromatic carbocycles. The smallest absolute Gasteiger partial charge is 0.316 e. The van der Waals surface area contributed by atoms with Crippen molar-refractivity contribution in [3.63, 3.8) is 0 Å². The molecule has 0 unspecified atom stereocenters. The minimum absolute atomic E-state index is 0. The molecule has 0 bridgehead atoms. The van der Waals surface area contributed by atoms with E-state index in [9.17, 15) is 45.1 Å². The summed E-state index contributed by atoms with van der Waals surface area (Å²) in [5, 5.41) is 30.7. The normalized spacial score (nSPS) is 31.9. The van der Waals surface area contributed by atoms with Gasteiger partial charge < -0.3 is 5.32 Å². The van der Waals surface area contributed by atoms with E-state index in [1.54, 1.807) is 22.0 Å². The molecule has 6 rings (SSSR count). The minimum atomic E-state index is -3.96. The molecule has 0 aromatic heterocycles. The third kappa shape index (κ3) is 12.4. The van der Waals surface area contributed by atoms with E-state index in [1.165, 1.54) is 0 Å². The van der Waals surface area contributed by atoms with Crippen molar-refractivity contribution in [2.75, 3.05) is 52.4 Å². The van der Waals surface area contributed by atoms with Crippen LogP contribution in [0.25, 0.3) is 0 Å². The molecule has 17 heteroatoms. The van der Waals surface area contributed by atoms with Crippen LogP contribution in [0.4, 0.5) is 30.7 Å². The van der Waals surface area contributed by atoms with Crippen LogP contribution in [0.2, 0.25) is 0 Å². The monoisotopic (exact) mass is 916 g/mol. The lowest BCUT2D eigenvalue weighted by Crippen LogP contribution is -2.56. The van der Waals surface area contributed by atoms with Gasteiger partial charge in [0.1, 0.15) is 18.2 Å². The first-order chi connectivity index (χ1) is 28.4. The topological polar surface area (TPSA) is 141 Å². The predicted molar refractivity (Wildman–Crippen MR) is 227 cm³/mol. The first-order valence-electron chi connectivity index (χ1n) is 21.2. The number of carbonyl (C=O) groups excluding carboxylic acids is 3. The Bertz CT molecular complexity index is 1840.